The Morgan fingerprint density at radius 3 is 2.34 bits per heavy atom. The molecule has 2 aromatic rings. The van der Waals surface area contributed by atoms with Crippen LogP contribution in [0.5, 0.6) is 11.5 Å². The summed E-state index contributed by atoms with van der Waals surface area (Å²) in [7, 11) is 3.03. The van der Waals surface area contributed by atoms with Gasteiger partial charge in [-0.15, -0.1) is 11.8 Å². The smallest absolute Gasteiger partial charge is 0.258 e. The van der Waals surface area contributed by atoms with Gasteiger partial charge in [-0.1, -0.05) is 0 Å². The van der Waals surface area contributed by atoms with Gasteiger partial charge in [-0.25, -0.2) is 4.98 Å². The Balaban J connectivity index is 1.61. The molecule has 29 heavy (non-hydrogen) atoms. The predicted octanol–water partition coefficient (Wildman–Crippen LogP) is 0.864. The number of hydrogen-bond acceptors (Lipinski definition) is 7. The minimum atomic E-state index is -0.266. The number of methoxy groups -OCH3 is 2. The van der Waals surface area contributed by atoms with Crippen LogP contribution in [0, 0.1) is 0 Å². The lowest BCUT2D eigenvalue weighted by molar-refractivity contribution is -0.136. The third kappa shape index (κ3) is 4.81. The Labute approximate surface area is 172 Å². The highest BCUT2D eigenvalue weighted by Gasteiger charge is 2.22. The van der Waals surface area contributed by atoms with Gasteiger partial charge in [0.25, 0.3) is 5.56 Å². The predicted molar refractivity (Wildman–Crippen MR) is 110 cm³/mol. The lowest BCUT2D eigenvalue weighted by atomic mass is 10.2. The first kappa shape index (κ1) is 21.0. The average molecular weight is 420 g/mol. The number of H-pyrrole nitrogens is 1. The number of nitrogens with zero attached hydrogens (tertiary/aromatic N) is 3. The fourth-order valence-corrected chi connectivity index (χ4v) is 3.97. The molecule has 10 heteroatoms. The minimum Gasteiger partial charge on any atom is -0.493 e. The molecule has 1 aromatic heterocycles. The van der Waals surface area contributed by atoms with E-state index in [2.05, 4.69) is 9.97 Å². The second kappa shape index (κ2) is 9.17. The molecule has 0 radical (unpaired) electrons. The van der Waals surface area contributed by atoms with Gasteiger partial charge in [-0.3, -0.25) is 14.4 Å². The lowest BCUT2D eigenvalue weighted by Crippen LogP contribution is -2.50. The quantitative estimate of drug-likeness (QED) is 0.739. The van der Waals surface area contributed by atoms with Crippen molar-refractivity contribution in [1.82, 2.24) is 19.8 Å². The van der Waals surface area contributed by atoms with Gasteiger partial charge in [0.2, 0.25) is 11.8 Å². The SMILES string of the molecule is COc1cc2nc(CSCC(=O)N3CCN(C(C)=O)CC3)[nH]c(=O)c2cc1OC. The van der Waals surface area contributed by atoms with Gasteiger partial charge in [0.05, 0.1) is 36.6 Å². The number of piperazine rings is 1. The Morgan fingerprint density at radius 2 is 1.72 bits per heavy atom. The lowest BCUT2D eigenvalue weighted by Gasteiger charge is -2.34. The molecule has 1 fully saturated rings. The van der Waals surface area contributed by atoms with Crippen molar-refractivity contribution in [3.63, 3.8) is 0 Å². The van der Waals surface area contributed by atoms with E-state index in [4.69, 9.17) is 9.47 Å². The number of nitrogens with one attached hydrogen (secondary N) is 1. The van der Waals surface area contributed by atoms with Crippen molar-refractivity contribution < 1.29 is 19.1 Å². The van der Waals surface area contributed by atoms with Gasteiger partial charge in [-0.2, -0.15) is 0 Å². The molecular weight excluding hydrogens is 396 g/mol. The van der Waals surface area contributed by atoms with Crippen LogP contribution in [0.25, 0.3) is 10.9 Å². The maximum atomic E-state index is 12.4. The van der Waals surface area contributed by atoms with Gasteiger partial charge in [0, 0.05) is 39.2 Å². The first-order chi connectivity index (χ1) is 13.9. The zero-order valence-corrected chi connectivity index (χ0v) is 17.5. The Morgan fingerprint density at radius 1 is 1.10 bits per heavy atom. The summed E-state index contributed by atoms with van der Waals surface area (Å²) >= 11 is 1.39. The van der Waals surface area contributed by atoms with Gasteiger partial charge in [0.15, 0.2) is 11.5 Å². The summed E-state index contributed by atoms with van der Waals surface area (Å²) in [5.41, 5.74) is 0.243. The zero-order chi connectivity index (χ0) is 21.0. The maximum Gasteiger partial charge on any atom is 0.258 e. The summed E-state index contributed by atoms with van der Waals surface area (Å²) in [4.78, 5) is 46.9. The van der Waals surface area contributed by atoms with Crippen LogP contribution in [0.1, 0.15) is 12.7 Å². The normalized spacial score (nSPS) is 14.2. The molecule has 3 rings (SSSR count). The number of aromatic amines is 1. The third-order valence-corrected chi connectivity index (χ3v) is 5.73. The van der Waals surface area contributed by atoms with Crippen LogP contribution < -0.4 is 15.0 Å². The number of amides is 2. The summed E-state index contributed by atoms with van der Waals surface area (Å²) in [6.45, 7) is 3.76. The molecule has 0 atom stereocenters. The molecule has 0 spiro atoms. The summed E-state index contributed by atoms with van der Waals surface area (Å²) in [6.07, 6.45) is 0. The summed E-state index contributed by atoms with van der Waals surface area (Å²) in [5, 5.41) is 0.413. The Hall–Kier alpha value is -2.75. The second-order valence-electron chi connectivity index (χ2n) is 6.62. The number of thioether (sulfide) groups is 1. The number of aromatic nitrogens is 2. The fourth-order valence-electron chi connectivity index (χ4n) is 3.18. The van der Waals surface area contributed by atoms with Crippen LogP contribution in [0.15, 0.2) is 16.9 Å². The van der Waals surface area contributed by atoms with Gasteiger partial charge in [-0.05, 0) is 6.07 Å². The molecule has 0 bridgehead atoms. The Kier molecular flexibility index (Phi) is 6.63. The van der Waals surface area contributed by atoms with E-state index < -0.39 is 0 Å². The first-order valence-electron chi connectivity index (χ1n) is 9.19. The Bertz CT molecular complexity index is 969. The van der Waals surface area contributed by atoms with Gasteiger partial charge in [0.1, 0.15) is 5.82 Å². The highest BCUT2D eigenvalue weighted by molar-refractivity contribution is 7.99. The number of ether oxygens (including phenoxy) is 2. The van der Waals surface area contributed by atoms with Crippen molar-refractivity contribution in [2.75, 3.05) is 46.2 Å². The molecule has 156 valence electrons. The molecule has 9 nitrogen and oxygen atoms in total. The molecule has 1 aromatic carbocycles. The molecule has 0 unspecified atom stereocenters. The number of fused-ring (bicyclic) bond motifs is 1. The maximum absolute atomic E-state index is 12.4. The van der Waals surface area contributed by atoms with Crippen LogP contribution in [0.4, 0.5) is 0 Å². The van der Waals surface area contributed by atoms with Crippen LogP contribution in [0.2, 0.25) is 0 Å². The molecule has 0 saturated carbocycles. The van der Waals surface area contributed by atoms with Crippen LogP contribution in [-0.2, 0) is 15.3 Å². The largest absolute Gasteiger partial charge is 0.493 e. The molecule has 1 N–H and O–H groups in total. The number of hydrogen-bond donors (Lipinski definition) is 1. The molecule has 0 aliphatic carbocycles. The van der Waals surface area contributed by atoms with E-state index in [1.807, 2.05) is 0 Å². The third-order valence-electron chi connectivity index (χ3n) is 4.80. The van der Waals surface area contributed by atoms with Gasteiger partial charge >= 0.3 is 0 Å². The molecule has 1 aliphatic rings. The number of carbonyl (C=O) groups is 2. The average Bonchev–Trinajstić information content (AvgIpc) is 2.72. The summed E-state index contributed by atoms with van der Waals surface area (Å²) in [6, 6.07) is 3.26. The van der Waals surface area contributed by atoms with Crippen LogP contribution >= 0.6 is 11.8 Å². The van der Waals surface area contributed by atoms with E-state index in [1.54, 1.807) is 21.9 Å². The zero-order valence-electron chi connectivity index (χ0n) is 16.7. The topological polar surface area (TPSA) is 105 Å². The summed E-state index contributed by atoms with van der Waals surface area (Å²) < 4.78 is 10.5. The second-order valence-corrected chi connectivity index (χ2v) is 7.60. The highest BCUT2D eigenvalue weighted by Crippen LogP contribution is 2.30. The van der Waals surface area contributed by atoms with Crippen LogP contribution in [-0.4, -0.2) is 77.7 Å². The summed E-state index contributed by atoms with van der Waals surface area (Å²) in [5.74, 6) is 2.20. The number of benzene rings is 1. The van der Waals surface area contributed by atoms with E-state index in [0.29, 0.717) is 60.2 Å². The van der Waals surface area contributed by atoms with Crippen molar-refractivity contribution >= 4 is 34.5 Å². The fraction of sp³-hybridized carbons (Fsp3) is 0.474. The van der Waals surface area contributed by atoms with Crippen molar-refractivity contribution in [2.45, 2.75) is 12.7 Å². The number of carbonyl (C=O) groups excluding carboxylic acids is 2. The van der Waals surface area contributed by atoms with Gasteiger partial charge < -0.3 is 24.3 Å². The molecule has 1 saturated heterocycles. The minimum absolute atomic E-state index is 0.0211. The monoisotopic (exact) mass is 420 g/mol. The molecule has 2 amide bonds. The van der Waals surface area contributed by atoms with Crippen molar-refractivity contribution in [2.24, 2.45) is 0 Å². The first-order valence-corrected chi connectivity index (χ1v) is 10.3. The van der Waals surface area contributed by atoms with Crippen molar-refractivity contribution in [1.29, 1.82) is 0 Å². The van der Waals surface area contributed by atoms with E-state index in [9.17, 15) is 14.4 Å². The highest BCUT2D eigenvalue weighted by atomic mass is 32.2. The van der Waals surface area contributed by atoms with E-state index in [-0.39, 0.29) is 23.1 Å². The van der Waals surface area contributed by atoms with Crippen LogP contribution in [0.3, 0.4) is 0 Å². The number of rotatable bonds is 6. The van der Waals surface area contributed by atoms with E-state index in [1.165, 1.54) is 32.9 Å². The standard InChI is InChI=1S/C19H24N4O5S/c1-12(24)22-4-6-23(7-5-22)18(25)11-29-10-17-20-14-9-16(28-3)15(27-2)8-13(14)19(26)21-17/h8-9H,4-7,10-11H2,1-3H3,(H,20,21,26). The van der Waals surface area contributed by atoms with Crippen molar-refractivity contribution in [3.8, 4) is 11.5 Å². The van der Waals surface area contributed by atoms with Crippen molar-refractivity contribution in [3.05, 3.63) is 28.3 Å². The van der Waals surface area contributed by atoms with E-state index >= 15 is 0 Å². The van der Waals surface area contributed by atoms with E-state index in [0.717, 1.165) is 0 Å². The molecule has 2 heterocycles. The molecule has 1 aliphatic heterocycles. The molecular formula is C19H24N4O5S.